The van der Waals surface area contributed by atoms with Crippen LogP contribution in [0.4, 0.5) is 5.82 Å². The quantitative estimate of drug-likeness (QED) is 0.250. The Labute approximate surface area is 265 Å². The van der Waals surface area contributed by atoms with Crippen molar-refractivity contribution in [3.63, 3.8) is 0 Å². The van der Waals surface area contributed by atoms with E-state index in [0.717, 1.165) is 62.7 Å². The third-order valence-electron chi connectivity index (χ3n) is 11.1. The Morgan fingerprint density at radius 2 is 1.76 bits per heavy atom. The predicted octanol–water partition coefficient (Wildman–Crippen LogP) is 7.48. The number of hydrogen-bond donors (Lipinski definition) is 1. The van der Waals surface area contributed by atoms with Gasteiger partial charge in [0.25, 0.3) is 5.89 Å². The lowest BCUT2D eigenvalue weighted by molar-refractivity contribution is -0.138. The lowest BCUT2D eigenvalue weighted by Crippen LogP contribution is -2.52. The number of rotatable bonds is 10. The fraction of sp³-hybridized carbons (Fsp3) is 0.583. The van der Waals surface area contributed by atoms with Crippen molar-refractivity contribution < 1.29 is 24.0 Å². The minimum Gasteiger partial charge on any atom is -0.496 e. The van der Waals surface area contributed by atoms with E-state index in [1.54, 1.807) is 13.3 Å². The van der Waals surface area contributed by atoms with Crippen molar-refractivity contribution >= 4 is 17.7 Å². The SMILES string of the molecule is COc1ccc(C23CCC(CN(c4cc(-c5nc(C(C)C)no5)ccn4)C(=O)[C@H]4CC[C@H](CC(=O)O)CC4)(CC2)CC3)cc1C. The number of nitrogens with zero attached hydrogens (tertiary/aromatic N) is 4. The lowest BCUT2D eigenvalue weighted by atomic mass is 9.51. The van der Waals surface area contributed by atoms with Crippen LogP contribution < -0.4 is 9.64 Å². The first-order valence-electron chi connectivity index (χ1n) is 16.6. The summed E-state index contributed by atoms with van der Waals surface area (Å²) in [4.78, 5) is 37.0. The number of carbonyl (C=O) groups is 2. The van der Waals surface area contributed by atoms with Gasteiger partial charge in [-0.15, -0.1) is 0 Å². The molecule has 1 amide bonds. The van der Waals surface area contributed by atoms with Crippen molar-refractivity contribution in [1.82, 2.24) is 15.1 Å². The van der Waals surface area contributed by atoms with Crippen LogP contribution in [0.3, 0.4) is 0 Å². The van der Waals surface area contributed by atoms with Crippen molar-refractivity contribution in [2.24, 2.45) is 17.3 Å². The predicted molar refractivity (Wildman–Crippen MR) is 171 cm³/mol. The highest BCUT2D eigenvalue weighted by atomic mass is 16.5. The van der Waals surface area contributed by atoms with Crippen LogP contribution in [0.25, 0.3) is 11.5 Å². The van der Waals surface area contributed by atoms with Gasteiger partial charge in [0.15, 0.2) is 5.82 Å². The van der Waals surface area contributed by atoms with Crippen LogP contribution in [0.15, 0.2) is 41.1 Å². The molecule has 4 aliphatic carbocycles. The van der Waals surface area contributed by atoms with Gasteiger partial charge in [0, 0.05) is 36.6 Å². The summed E-state index contributed by atoms with van der Waals surface area (Å²) < 4.78 is 11.1. The number of amides is 1. The molecule has 0 spiro atoms. The minimum atomic E-state index is -0.761. The van der Waals surface area contributed by atoms with E-state index >= 15 is 0 Å². The number of aliphatic carboxylic acids is 1. The number of aryl methyl sites for hydroxylation is 1. The first-order valence-corrected chi connectivity index (χ1v) is 16.6. The third kappa shape index (κ3) is 6.36. The van der Waals surface area contributed by atoms with Crippen LogP contribution in [0.5, 0.6) is 5.75 Å². The maximum atomic E-state index is 14.4. The van der Waals surface area contributed by atoms with E-state index < -0.39 is 5.97 Å². The standard InChI is InChI=1S/C36H46N4O5/c1-23(2)32-38-33(45-39-32)27-11-18-37-30(21-27)40(34(43)26-7-5-25(6-8-26)20-31(41)42)22-35-12-15-36(16-13-35,17-14-35)28-9-10-29(44-4)24(3)19-28/h9-11,18-19,21,23,25-26H,5-8,12-17,20,22H2,1-4H3,(H,41,42)/t25-,26-,35?,36?. The topological polar surface area (TPSA) is 119 Å². The molecule has 9 nitrogen and oxygen atoms in total. The van der Waals surface area contributed by atoms with Gasteiger partial charge in [-0.1, -0.05) is 31.1 Å². The Hall–Kier alpha value is -3.75. The van der Waals surface area contributed by atoms with E-state index in [4.69, 9.17) is 14.2 Å². The molecule has 1 N–H and O–H groups in total. The van der Waals surface area contributed by atoms with E-state index in [2.05, 4.69) is 35.3 Å². The van der Waals surface area contributed by atoms with Crippen LogP contribution in [-0.2, 0) is 15.0 Å². The largest absolute Gasteiger partial charge is 0.496 e. The van der Waals surface area contributed by atoms with E-state index in [1.165, 1.54) is 11.1 Å². The molecular formula is C36H46N4O5. The molecular weight excluding hydrogens is 568 g/mol. The Morgan fingerprint density at radius 3 is 2.36 bits per heavy atom. The third-order valence-corrected chi connectivity index (χ3v) is 11.1. The number of pyridine rings is 1. The van der Waals surface area contributed by atoms with Crippen LogP contribution in [0.2, 0.25) is 0 Å². The molecule has 1 aromatic carbocycles. The molecule has 2 aromatic heterocycles. The fourth-order valence-electron chi connectivity index (χ4n) is 8.12. The van der Waals surface area contributed by atoms with Gasteiger partial charge in [0.2, 0.25) is 5.91 Å². The number of fused-ring (bicyclic) bond motifs is 3. The van der Waals surface area contributed by atoms with Crippen molar-refractivity contribution in [2.75, 3.05) is 18.6 Å². The molecule has 4 saturated carbocycles. The van der Waals surface area contributed by atoms with Crippen molar-refractivity contribution in [3.8, 4) is 17.2 Å². The summed E-state index contributed by atoms with van der Waals surface area (Å²) in [5, 5.41) is 13.4. The van der Waals surface area contributed by atoms with Gasteiger partial charge in [-0.2, -0.15) is 4.98 Å². The number of ether oxygens (including phenoxy) is 1. The molecule has 45 heavy (non-hydrogen) atoms. The van der Waals surface area contributed by atoms with Crippen molar-refractivity contribution in [2.45, 2.75) is 103 Å². The van der Waals surface area contributed by atoms with E-state index in [-0.39, 0.29) is 40.9 Å². The highest BCUT2D eigenvalue weighted by Gasteiger charge is 2.51. The molecule has 0 atom stereocenters. The average molecular weight is 615 g/mol. The van der Waals surface area contributed by atoms with Gasteiger partial charge >= 0.3 is 5.97 Å². The zero-order valence-electron chi connectivity index (χ0n) is 27.1. The monoisotopic (exact) mass is 614 g/mol. The number of benzene rings is 1. The second kappa shape index (κ2) is 12.6. The summed E-state index contributed by atoms with van der Waals surface area (Å²) in [6.07, 6.45) is 11.4. The second-order valence-corrected chi connectivity index (χ2v) is 14.2. The van der Waals surface area contributed by atoms with Crippen molar-refractivity contribution in [1.29, 1.82) is 0 Å². The first kappa shape index (κ1) is 31.2. The van der Waals surface area contributed by atoms with Gasteiger partial charge in [0.05, 0.1) is 7.11 Å². The number of aromatic nitrogens is 3. The molecule has 0 aliphatic heterocycles. The summed E-state index contributed by atoms with van der Waals surface area (Å²) in [6.45, 7) is 6.80. The molecule has 9 heteroatoms. The van der Waals surface area contributed by atoms with Gasteiger partial charge in [-0.3, -0.25) is 14.5 Å². The molecule has 0 radical (unpaired) electrons. The molecule has 3 aromatic rings. The summed E-state index contributed by atoms with van der Waals surface area (Å²) in [5.41, 5.74) is 3.55. The molecule has 4 aliphatic rings. The summed E-state index contributed by atoms with van der Waals surface area (Å²) in [5.74, 6) is 2.11. The lowest BCUT2D eigenvalue weighted by Gasteiger charge is -2.55. The van der Waals surface area contributed by atoms with Crippen LogP contribution >= 0.6 is 0 Å². The smallest absolute Gasteiger partial charge is 0.303 e. The Balaban J connectivity index is 1.25. The Kier molecular flexibility index (Phi) is 8.72. The highest BCUT2D eigenvalue weighted by Crippen LogP contribution is 2.58. The summed E-state index contributed by atoms with van der Waals surface area (Å²) in [7, 11) is 1.72. The van der Waals surface area contributed by atoms with Gasteiger partial charge in [-0.05, 0) is 117 Å². The summed E-state index contributed by atoms with van der Waals surface area (Å²) >= 11 is 0. The maximum absolute atomic E-state index is 14.4. The van der Waals surface area contributed by atoms with E-state index in [0.29, 0.717) is 36.9 Å². The van der Waals surface area contributed by atoms with Gasteiger partial charge < -0.3 is 14.4 Å². The number of methoxy groups -OCH3 is 1. The first-order chi connectivity index (χ1) is 21.6. The number of carbonyl (C=O) groups excluding carboxylic acids is 1. The number of anilines is 1. The van der Waals surface area contributed by atoms with Gasteiger partial charge in [-0.25, -0.2) is 4.98 Å². The average Bonchev–Trinajstić information content (AvgIpc) is 3.56. The number of carboxylic acid groups (broad SMARTS) is 1. The molecule has 2 bridgehead atoms. The summed E-state index contributed by atoms with van der Waals surface area (Å²) in [6, 6.07) is 10.4. The zero-order chi connectivity index (χ0) is 31.8. The van der Waals surface area contributed by atoms with Gasteiger partial charge in [0.1, 0.15) is 11.6 Å². The number of hydrogen-bond acceptors (Lipinski definition) is 7. The normalized spacial score (nSPS) is 26.2. The number of carboxylic acids is 1. The molecule has 7 rings (SSSR count). The molecule has 2 heterocycles. The molecule has 4 fully saturated rings. The van der Waals surface area contributed by atoms with Crippen molar-refractivity contribution in [3.05, 3.63) is 53.5 Å². The van der Waals surface area contributed by atoms with Crippen LogP contribution in [0, 0.1) is 24.2 Å². The molecule has 0 unspecified atom stereocenters. The molecule has 0 saturated heterocycles. The second-order valence-electron chi connectivity index (χ2n) is 14.2. The minimum absolute atomic E-state index is 0.0341. The van der Waals surface area contributed by atoms with Crippen LogP contribution in [0.1, 0.15) is 107 Å². The van der Waals surface area contributed by atoms with E-state index in [9.17, 15) is 14.7 Å². The van der Waals surface area contributed by atoms with E-state index in [1.807, 2.05) is 30.9 Å². The fourth-order valence-corrected chi connectivity index (χ4v) is 8.12. The van der Waals surface area contributed by atoms with Crippen LogP contribution in [-0.4, -0.2) is 45.8 Å². The molecule has 240 valence electrons. The Bertz CT molecular complexity index is 1520. The maximum Gasteiger partial charge on any atom is 0.303 e. The highest BCUT2D eigenvalue weighted by molar-refractivity contribution is 5.94. The Morgan fingerprint density at radius 1 is 1.04 bits per heavy atom. The zero-order valence-corrected chi connectivity index (χ0v) is 27.1.